The van der Waals surface area contributed by atoms with E-state index in [9.17, 15) is 18.0 Å². The number of esters is 1. The summed E-state index contributed by atoms with van der Waals surface area (Å²) in [6, 6.07) is 4.44. The highest BCUT2D eigenvalue weighted by atomic mass is 32.2. The number of Topliss-reactive ketones (excluding diaryl/α,β-unsaturated/α-hetero) is 1. The Hall–Kier alpha value is -1.99. The Morgan fingerprint density at radius 2 is 1.91 bits per heavy atom. The fourth-order valence-electron chi connectivity index (χ4n) is 1.73. The molecule has 0 aromatic heterocycles. The van der Waals surface area contributed by atoms with Crippen LogP contribution >= 0.6 is 0 Å². The molecular weight excluding hydrogens is 306 g/mol. The third kappa shape index (κ3) is 4.78. The topological polar surface area (TPSA) is 89.5 Å². The van der Waals surface area contributed by atoms with Crippen LogP contribution < -0.4 is 4.72 Å². The second kappa shape index (κ2) is 7.86. The summed E-state index contributed by atoms with van der Waals surface area (Å²) in [7, 11) is -3.90. The van der Waals surface area contributed by atoms with Crippen LogP contribution in [0.15, 0.2) is 41.8 Å². The van der Waals surface area contributed by atoms with Crippen LogP contribution in [0.2, 0.25) is 0 Å². The van der Waals surface area contributed by atoms with Crippen molar-refractivity contribution < 1.29 is 22.7 Å². The van der Waals surface area contributed by atoms with Crippen molar-refractivity contribution in [2.45, 2.75) is 31.2 Å². The first-order chi connectivity index (χ1) is 10.3. The van der Waals surface area contributed by atoms with Crippen LogP contribution in [0, 0.1) is 0 Å². The van der Waals surface area contributed by atoms with Crippen LogP contribution in [-0.4, -0.2) is 32.8 Å². The summed E-state index contributed by atoms with van der Waals surface area (Å²) in [5.41, 5.74) is 0.409. The molecule has 0 aliphatic carbocycles. The van der Waals surface area contributed by atoms with E-state index in [0.29, 0.717) is 5.56 Å². The van der Waals surface area contributed by atoms with Crippen molar-refractivity contribution in [1.82, 2.24) is 4.72 Å². The number of ketones is 1. The van der Waals surface area contributed by atoms with Crippen molar-refractivity contribution in [3.05, 3.63) is 42.5 Å². The minimum Gasteiger partial charge on any atom is -0.465 e. The molecule has 0 saturated carbocycles. The van der Waals surface area contributed by atoms with Crippen molar-refractivity contribution in [2.75, 3.05) is 6.61 Å². The third-order valence-electron chi connectivity index (χ3n) is 2.84. The molecule has 0 amide bonds. The van der Waals surface area contributed by atoms with E-state index in [-0.39, 0.29) is 23.7 Å². The molecule has 1 atom stereocenters. The molecule has 1 rings (SSSR count). The van der Waals surface area contributed by atoms with E-state index in [0.717, 1.165) is 0 Å². The van der Waals surface area contributed by atoms with E-state index in [4.69, 9.17) is 4.74 Å². The summed E-state index contributed by atoms with van der Waals surface area (Å²) >= 11 is 0. The van der Waals surface area contributed by atoms with Gasteiger partial charge >= 0.3 is 5.97 Å². The highest BCUT2D eigenvalue weighted by molar-refractivity contribution is 7.89. The maximum absolute atomic E-state index is 12.3. The number of carbonyl (C=O) groups excluding carboxylic acids is 2. The molecule has 1 aromatic carbocycles. The number of carbonyl (C=O) groups is 2. The summed E-state index contributed by atoms with van der Waals surface area (Å²) in [5, 5.41) is 0. The van der Waals surface area contributed by atoms with Gasteiger partial charge in [-0.25, -0.2) is 8.42 Å². The van der Waals surface area contributed by atoms with Crippen LogP contribution in [0.4, 0.5) is 0 Å². The normalized spacial score (nSPS) is 12.5. The first-order valence-electron chi connectivity index (χ1n) is 6.72. The lowest BCUT2D eigenvalue weighted by atomic mass is 10.2. The van der Waals surface area contributed by atoms with Crippen LogP contribution in [0.5, 0.6) is 0 Å². The summed E-state index contributed by atoms with van der Waals surface area (Å²) in [6.45, 7) is 6.68. The molecule has 0 bridgehead atoms. The molecule has 0 aliphatic rings. The van der Waals surface area contributed by atoms with Gasteiger partial charge in [0.15, 0.2) is 5.78 Å². The Bertz CT molecular complexity index is 649. The minimum atomic E-state index is -3.90. The van der Waals surface area contributed by atoms with Crippen molar-refractivity contribution in [2.24, 2.45) is 0 Å². The van der Waals surface area contributed by atoms with Gasteiger partial charge in [0.25, 0.3) is 0 Å². The summed E-state index contributed by atoms with van der Waals surface area (Å²) < 4.78 is 31.7. The van der Waals surface area contributed by atoms with Gasteiger partial charge in [0.1, 0.15) is 6.04 Å². The number of sulfonamides is 1. The van der Waals surface area contributed by atoms with Gasteiger partial charge in [-0.1, -0.05) is 18.2 Å². The fraction of sp³-hybridized carbons (Fsp3) is 0.333. The Morgan fingerprint density at radius 3 is 2.36 bits per heavy atom. The second-order valence-electron chi connectivity index (χ2n) is 4.53. The molecule has 0 fully saturated rings. The molecule has 0 spiro atoms. The molecule has 0 radical (unpaired) electrons. The molecule has 1 aromatic rings. The van der Waals surface area contributed by atoms with Gasteiger partial charge in [0.05, 0.1) is 11.5 Å². The quantitative estimate of drug-likeness (QED) is 0.446. The van der Waals surface area contributed by atoms with E-state index >= 15 is 0 Å². The zero-order valence-corrected chi connectivity index (χ0v) is 13.4. The maximum Gasteiger partial charge on any atom is 0.324 e. The molecule has 0 unspecified atom stereocenters. The third-order valence-corrected chi connectivity index (χ3v) is 4.33. The largest absolute Gasteiger partial charge is 0.465 e. The standard InChI is InChI=1S/C15H19NO5S/c1-4-6-14(15(18)21-5-2)16-22(19,20)13-9-7-12(8-10-13)11(3)17/h4,7-10,14,16H,1,5-6H2,2-3H3/t14-/m0/s1. The van der Waals surface area contributed by atoms with Gasteiger partial charge in [-0.15, -0.1) is 6.58 Å². The monoisotopic (exact) mass is 325 g/mol. The Kier molecular flexibility index (Phi) is 6.45. The second-order valence-corrected chi connectivity index (χ2v) is 6.24. The molecule has 1 N–H and O–H groups in total. The smallest absolute Gasteiger partial charge is 0.324 e. The van der Waals surface area contributed by atoms with E-state index in [2.05, 4.69) is 11.3 Å². The van der Waals surface area contributed by atoms with Crippen molar-refractivity contribution in [3.8, 4) is 0 Å². The zero-order chi connectivity index (χ0) is 16.8. The van der Waals surface area contributed by atoms with Gasteiger partial charge < -0.3 is 4.74 Å². The van der Waals surface area contributed by atoms with Gasteiger partial charge in [-0.05, 0) is 32.4 Å². The molecule has 6 nitrogen and oxygen atoms in total. The van der Waals surface area contributed by atoms with E-state index in [1.165, 1.54) is 37.3 Å². The van der Waals surface area contributed by atoms with Gasteiger partial charge in [-0.3, -0.25) is 9.59 Å². The lowest BCUT2D eigenvalue weighted by Gasteiger charge is -2.16. The Labute approximate surface area is 130 Å². The Morgan fingerprint density at radius 1 is 1.32 bits per heavy atom. The van der Waals surface area contributed by atoms with Crippen LogP contribution in [0.3, 0.4) is 0 Å². The molecule has 0 aliphatic heterocycles. The van der Waals surface area contributed by atoms with E-state index in [1.807, 2.05) is 0 Å². The molecule has 0 saturated heterocycles. The van der Waals surface area contributed by atoms with Gasteiger partial charge in [0, 0.05) is 5.56 Å². The highest BCUT2D eigenvalue weighted by Gasteiger charge is 2.25. The van der Waals surface area contributed by atoms with Crippen LogP contribution in [0.25, 0.3) is 0 Å². The molecule has 120 valence electrons. The van der Waals surface area contributed by atoms with E-state index in [1.54, 1.807) is 6.92 Å². The average molecular weight is 325 g/mol. The van der Waals surface area contributed by atoms with Crippen molar-refractivity contribution in [3.63, 3.8) is 0 Å². The van der Waals surface area contributed by atoms with Crippen molar-refractivity contribution >= 4 is 21.8 Å². The molecule has 7 heteroatoms. The zero-order valence-electron chi connectivity index (χ0n) is 12.5. The average Bonchev–Trinajstić information content (AvgIpc) is 2.47. The van der Waals surface area contributed by atoms with Gasteiger partial charge in [-0.2, -0.15) is 4.72 Å². The number of rotatable bonds is 8. The first kappa shape index (κ1) is 18.1. The molecule has 0 heterocycles. The van der Waals surface area contributed by atoms with Crippen LogP contribution in [-0.2, 0) is 19.6 Å². The van der Waals surface area contributed by atoms with Crippen molar-refractivity contribution in [1.29, 1.82) is 0 Å². The highest BCUT2D eigenvalue weighted by Crippen LogP contribution is 2.13. The number of benzene rings is 1. The predicted molar refractivity (Wildman–Crippen MR) is 82.0 cm³/mol. The SMILES string of the molecule is C=CC[C@H](NS(=O)(=O)c1ccc(C(C)=O)cc1)C(=O)OCC. The first-order valence-corrected chi connectivity index (χ1v) is 8.21. The number of hydrogen-bond acceptors (Lipinski definition) is 5. The summed E-state index contributed by atoms with van der Waals surface area (Å²) in [5.74, 6) is -0.820. The Balaban J connectivity index is 2.98. The maximum atomic E-state index is 12.3. The predicted octanol–water partition coefficient (Wildman–Crippen LogP) is 1.68. The lowest BCUT2D eigenvalue weighted by molar-refractivity contribution is -0.145. The van der Waals surface area contributed by atoms with Gasteiger partial charge in [0.2, 0.25) is 10.0 Å². The lowest BCUT2D eigenvalue weighted by Crippen LogP contribution is -2.41. The minimum absolute atomic E-state index is 0.0316. The number of hydrogen-bond donors (Lipinski definition) is 1. The van der Waals surface area contributed by atoms with Crippen LogP contribution in [0.1, 0.15) is 30.6 Å². The summed E-state index contributed by atoms with van der Waals surface area (Å²) in [6.07, 6.45) is 1.55. The summed E-state index contributed by atoms with van der Waals surface area (Å²) in [4.78, 5) is 22.9. The fourth-order valence-corrected chi connectivity index (χ4v) is 2.92. The van der Waals surface area contributed by atoms with E-state index < -0.39 is 22.0 Å². The molecule has 22 heavy (non-hydrogen) atoms. The number of nitrogens with one attached hydrogen (secondary N) is 1. The molecular formula is C15H19NO5S. The number of ether oxygens (including phenoxy) is 1.